The topological polar surface area (TPSA) is 34.1 Å². The van der Waals surface area contributed by atoms with Crippen molar-refractivity contribution in [1.82, 2.24) is 0 Å². The minimum atomic E-state index is -2.51. The monoisotopic (exact) mass is 444 g/mol. The van der Waals surface area contributed by atoms with E-state index in [9.17, 15) is 9.59 Å². The van der Waals surface area contributed by atoms with Crippen LogP contribution in [0.3, 0.4) is 0 Å². The first kappa shape index (κ1) is 19.7. The molecule has 2 rings (SSSR count). The fourth-order valence-corrected chi connectivity index (χ4v) is 44.2. The Morgan fingerprint density at radius 2 is 0.957 bits per heavy atom. The summed E-state index contributed by atoms with van der Waals surface area (Å²) < 4.78 is 2.35. The van der Waals surface area contributed by atoms with E-state index in [0.717, 1.165) is 29.8 Å². The summed E-state index contributed by atoms with van der Waals surface area (Å²) in [5, 5.41) is 0. The molecule has 2 saturated carbocycles. The first-order chi connectivity index (χ1) is 10.7. The summed E-state index contributed by atoms with van der Waals surface area (Å²) in [6.45, 7) is 0. The van der Waals surface area contributed by atoms with Crippen LogP contribution in [0.5, 0.6) is 0 Å². The van der Waals surface area contributed by atoms with Crippen LogP contribution in [0.1, 0.15) is 64.2 Å². The molecule has 0 saturated heterocycles. The summed E-state index contributed by atoms with van der Waals surface area (Å²) in [6, 6.07) is 0. The second kappa shape index (κ2) is 8.20. The van der Waals surface area contributed by atoms with Gasteiger partial charge in [0.15, 0.2) is 0 Å². The molecule has 0 aromatic carbocycles. The molecular formula is C19H36Ge2O2. The van der Waals surface area contributed by atoms with Crippen molar-refractivity contribution in [3.63, 3.8) is 0 Å². The molecule has 0 bridgehead atoms. The Kier molecular flexibility index (Phi) is 7.04. The van der Waals surface area contributed by atoms with E-state index < -0.39 is 26.5 Å². The molecule has 23 heavy (non-hydrogen) atoms. The molecule has 0 amide bonds. The van der Waals surface area contributed by atoms with Crippen LogP contribution in [0.2, 0.25) is 27.1 Å². The van der Waals surface area contributed by atoms with E-state index in [1.807, 2.05) is 0 Å². The van der Waals surface area contributed by atoms with Crippen LogP contribution in [-0.2, 0) is 9.59 Å². The quantitative estimate of drug-likeness (QED) is 0.523. The molecule has 0 radical (unpaired) electrons. The Labute approximate surface area is 148 Å². The van der Waals surface area contributed by atoms with Gasteiger partial charge in [-0.25, -0.2) is 0 Å². The van der Waals surface area contributed by atoms with Crippen LogP contribution >= 0.6 is 0 Å². The van der Waals surface area contributed by atoms with Gasteiger partial charge < -0.3 is 0 Å². The van der Waals surface area contributed by atoms with Crippen LogP contribution in [0.25, 0.3) is 0 Å². The zero-order valence-electron chi connectivity index (χ0n) is 15.7. The number of hydrogen-bond donors (Lipinski definition) is 0. The van der Waals surface area contributed by atoms with Crippen LogP contribution in [-0.4, -0.2) is 35.8 Å². The molecule has 2 aliphatic carbocycles. The summed E-state index contributed by atoms with van der Waals surface area (Å²) in [5.41, 5.74) is 0. The van der Waals surface area contributed by atoms with Crippen LogP contribution in [0.15, 0.2) is 0 Å². The number of carbonyl (C=O) groups is 2. The van der Waals surface area contributed by atoms with E-state index in [1.54, 1.807) is 0 Å². The van der Waals surface area contributed by atoms with Gasteiger partial charge in [-0.05, 0) is 0 Å². The van der Waals surface area contributed by atoms with E-state index in [-0.39, 0.29) is 0 Å². The van der Waals surface area contributed by atoms with Gasteiger partial charge in [0.25, 0.3) is 0 Å². The molecule has 2 aliphatic rings. The second-order valence-corrected chi connectivity index (χ2v) is 31.8. The molecule has 2 fully saturated rings. The Morgan fingerprint density at radius 1 is 0.652 bits per heavy atom. The SMILES string of the molecule is [CH3][Ge]([CH3])([CH2][Ge]([CH3])([CH3])[C](=O)C1CCCCC1)[C](=O)C1CCCCC1. The maximum absolute atomic E-state index is 13.1. The van der Waals surface area contributed by atoms with Crippen molar-refractivity contribution in [2.24, 2.45) is 11.8 Å². The molecule has 0 N–H and O–H groups in total. The molecule has 2 nitrogen and oxygen atoms in total. The normalized spacial score (nSPS) is 22.1. The maximum atomic E-state index is 13.1. The zero-order chi connectivity index (χ0) is 17.1. The molecule has 4 heteroatoms. The Balaban J connectivity index is 2.01. The standard InChI is InChI=1S/C19H36Ge2O2/c1-20(2,18(22)16-11-7-5-8-12-16)15-21(3,4)19(23)17-13-9-6-10-14-17/h16-17H,5-15H2,1-4H3. The summed E-state index contributed by atoms with van der Waals surface area (Å²) in [4.78, 5) is 26.2. The van der Waals surface area contributed by atoms with E-state index in [4.69, 9.17) is 0 Å². The molecule has 0 aromatic heterocycles. The molecular weight excluding hydrogens is 405 g/mol. The second-order valence-electron chi connectivity index (χ2n) is 9.34. The van der Waals surface area contributed by atoms with Crippen LogP contribution in [0.4, 0.5) is 0 Å². The average molecular weight is 442 g/mol. The van der Waals surface area contributed by atoms with Crippen molar-refractivity contribution >= 4 is 35.8 Å². The van der Waals surface area contributed by atoms with E-state index in [1.165, 1.54) is 38.5 Å². The van der Waals surface area contributed by atoms with E-state index in [0.29, 0.717) is 21.1 Å². The Morgan fingerprint density at radius 3 is 1.26 bits per heavy atom. The fourth-order valence-electron chi connectivity index (χ4n) is 5.11. The molecule has 0 aromatic rings. The third-order valence-corrected chi connectivity index (χ3v) is 36.5. The predicted octanol–water partition coefficient (Wildman–Crippen LogP) is 5.32. The Hall–Kier alpha value is 0.426. The first-order valence-electron chi connectivity index (χ1n) is 9.83. The van der Waals surface area contributed by atoms with Gasteiger partial charge in [-0.15, -0.1) is 0 Å². The van der Waals surface area contributed by atoms with Gasteiger partial charge in [0.2, 0.25) is 0 Å². The fraction of sp³-hybridized carbons (Fsp3) is 0.895. The summed E-state index contributed by atoms with van der Waals surface area (Å²) >= 11 is -5.01. The average Bonchev–Trinajstić information content (AvgIpc) is 2.54. The van der Waals surface area contributed by atoms with Crippen molar-refractivity contribution in [2.75, 3.05) is 0 Å². The number of hydrogen-bond acceptors (Lipinski definition) is 2. The van der Waals surface area contributed by atoms with Crippen LogP contribution < -0.4 is 0 Å². The van der Waals surface area contributed by atoms with Crippen molar-refractivity contribution in [1.29, 1.82) is 0 Å². The van der Waals surface area contributed by atoms with Gasteiger partial charge in [-0.2, -0.15) is 0 Å². The molecule has 132 valence electrons. The van der Waals surface area contributed by atoms with Gasteiger partial charge in [-0.3, -0.25) is 0 Å². The van der Waals surface area contributed by atoms with Crippen molar-refractivity contribution in [3.05, 3.63) is 0 Å². The molecule has 0 heterocycles. The van der Waals surface area contributed by atoms with Crippen molar-refractivity contribution in [2.45, 2.75) is 91.3 Å². The van der Waals surface area contributed by atoms with Gasteiger partial charge in [-0.1, -0.05) is 0 Å². The third-order valence-electron chi connectivity index (χ3n) is 6.17. The number of rotatable bonds is 6. The molecule has 0 aliphatic heterocycles. The van der Waals surface area contributed by atoms with Crippen LogP contribution in [0, 0.1) is 11.8 Å². The predicted molar refractivity (Wildman–Crippen MR) is 103 cm³/mol. The summed E-state index contributed by atoms with van der Waals surface area (Å²) in [7, 11) is 0. The van der Waals surface area contributed by atoms with E-state index in [2.05, 4.69) is 23.0 Å². The molecule has 0 spiro atoms. The van der Waals surface area contributed by atoms with Gasteiger partial charge in [0.05, 0.1) is 0 Å². The van der Waals surface area contributed by atoms with Gasteiger partial charge >= 0.3 is 149 Å². The number of carbonyl (C=O) groups excluding carboxylic acids is 2. The molecule has 0 unspecified atom stereocenters. The van der Waals surface area contributed by atoms with Crippen molar-refractivity contribution in [3.8, 4) is 0 Å². The van der Waals surface area contributed by atoms with Gasteiger partial charge in [0, 0.05) is 0 Å². The van der Waals surface area contributed by atoms with E-state index >= 15 is 0 Å². The minimum absolute atomic E-state index is 0.349. The third kappa shape index (κ3) is 5.20. The van der Waals surface area contributed by atoms with Gasteiger partial charge in [0.1, 0.15) is 0 Å². The molecule has 0 atom stereocenters. The zero-order valence-corrected chi connectivity index (χ0v) is 19.9. The Bertz CT molecular complexity index is 391. The van der Waals surface area contributed by atoms with Crippen molar-refractivity contribution < 1.29 is 9.59 Å². The summed E-state index contributed by atoms with van der Waals surface area (Å²) in [6.07, 6.45) is 12.0. The first-order valence-corrected chi connectivity index (χ1v) is 23.3. The summed E-state index contributed by atoms with van der Waals surface area (Å²) in [5.74, 6) is 9.91.